The van der Waals surface area contributed by atoms with Gasteiger partial charge < -0.3 is 4.89 Å². The minimum absolute atomic E-state index is 0.667. The molecule has 2 nitrogen and oxygen atoms in total. The van der Waals surface area contributed by atoms with E-state index in [-0.39, 0.29) is 0 Å². The molecule has 0 fully saturated rings. The lowest BCUT2D eigenvalue weighted by atomic mass is 10.2. The normalized spacial score (nSPS) is 9.40. The summed E-state index contributed by atoms with van der Waals surface area (Å²) in [5, 5.41) is 0. The predicted molar refractivity (Wildman–Crippen MR) is 38.2 cm³/mol. The van der Waals surface area contributed by atoms with Gasteiger partial charge in [-0.15, -0.1) is 0 Å². The van der Waals surface area contributed by atoms with Crippen LogP contribution in [0.4, 0.5) is 0 Å². The summed E-state index contributed by atoms with van der Waals surface area (Å²) >= 11 is 0. The molecule has 0 saturated heterocycles. The zero-order valence-electron chi connectivity index (χ0n) is 5.83. The van der Waals surface area contributed by atoms with Crippen molar-refractivity contribution >= 4 is 0 Å². The molecule has 0 amide bonds. The molecule has 0 unspecified atom stereocenters. The Morgan fingerprint density at radius 1 is 1.20 bits per heavy atom. The van der Waals surface area contributed by atoms with Crippen molar-refractivity contribution in [3.05, 3.63) is 36.9 Å². The van der Waals surface area contributed by atoms with Gasteiger partial charge in [0.1, 0.15) is 7.11 Å². The molecule has 0 spiro atoms. The lowest BCUT2D eigenvalue weighted by Crippen LogP contribution is -1.87. The molecule has 53 valence electrons. The Hall–Kier alpha value is -1.02. The molecule has 1 radical (unpaired) electrons. The molecule has 2 heteroatoms. The van der Waals surface area contributed by atoms with E-state index in [9.17, 15) is 0 Å². The molecule has 0 aliphatic carbocycles. The average Bonchev–Trinajstić information content (AvgIpc) is 1.95. The highest BCUT2D eigenvalue weighted by molar-refractivity contribution is 5.25. The van der Waals surface area contributed by atoms with Crippen LogP contribution in [0.2, 0.25) is 0 Å². The van der Waals surface area contributed by atoms with Crippen molar-refractivity contribution < 1.29 is 9.78 Å². The molecular weight excluding hydrogens is 128 g/mol. The molecule has 0 aromatic heterocycles. The van der Waals surface area contributed by atoms with Crippen molar-refractivity contribution in [2.24, 2.45) is 0 Å². The van der Waals surface area contributed by atoms with Gasteiger partial charge in [0.25, 0.3) is 0 Å². The second-order valence-electron chi connectivity index (χ2n) is 2.01. The van der Waals surface area contributed by atoms with Gasteiger partial charge in [-0.3, -0.25) is 0 Å². The maximum atomic E-state index is 4.65. The van der Waals surface area contributed by atoms with E-state index >= 15 is 0 Å². The Morgan fingerprint density at radius 2 is 1.80 bits per heavy atom. The van der Waals surface area contributed by atoms with E-state index in [0.717, 1.165) is 0 Å². The fraction of sp³-hybridized carbons (Fsp3) is 0.125. The second-order valence-corrected chi connectivity index (χ2v) is 2.01. The Balaban J connectivity index is 2.69. The standard InChI is InChI=1S/C8H9O2/c1-7-3-5-8(6-4-7)10-9-2/h3-6H,2H2,1H3. The number of hydrogen-bond acceptors (Lipinski definition) is 2. The van der Waals surface area contributed by atoms with E-state index in [4.69, 9.17) is 0 Å². The summed E-state index contributed by atoms with van der Waals surface area (Å²) in [6.07, 6.45) is 0. The largest absolute Gasteiger partial charge is 0.337 e. The first kappa shape index (κ1) is 7.09. The molecule has 0 bridgehead atoms. The molecule has 1 rings (SSSR count). The van der Waals surface area contributed by atoms with Gasteiger partial charge in [-0.2, -0.15) is 4.89 Å². The van der Waals surface area contributed by atoms with Crippen LogP contribution in [0.15, 0.2) is 24.3 Å². The minimum Gasteiger partial charge on any atom is -0.337 e. The van der Waals surface area contributed by atoms with Crippen molar-refractivity contribution in [3.8, 4) is 5.75 Å². The number of hydrogen-bond donors (Lipinski definition) is 0. The third-order valence-corrected chi connectivity index (χ3v) is 1.18. The van der Waals surface area contributed by atoms with Crippen molar-refractivity contribution in [1.82, 2.24) is 0 Å². The van der Waals surface area contributed by atoms with Crippen molar-refractivity contribution in [3.63, 3.8) is 0 Å². The zero-order valence-corrected chi connectivity index (χ0v) is 5.83. The summed E-state index contributed by atoms with van der Waals surface area (Å²) in [7, 11) is 3.08. The highest BCUT2D eigenvalue weighted by atomic mass is 17.2. The molecule has 1 aromatic rings. The van der Waals surface area contributed by atoms with Crippen LogP contribution in [-0.4, -0.2) is 0 Å². The van der Waals surface area contributed by atoms with Gasteiger partial charge in [0.05, 0.1) is 0 Å². The van der Waals surface area contributed by atoms with Crippen molar-refractivity contribution in [1.29, 1.82) is 0 Å². The molecule has 10 heavy (non-hydrogen) atoms. The smallest absolute Gasteiger partial charge is 0.165 e. The third-order valence-electron chi connectivity index (χ3n) is 1.18. The van der Waals surface area contributed by atoms with Gasteiger partial charge in [-0.1, -0.05) is 17.7 Å². The van der Waals surface area contributed by atoms with Gasteiger partial charge in [-0.25, -0.2) is 0 Å². The average molecular weight is 137 g/mol. The predicted octanol–water partition coefficient (Wildman–Crippen LogP) is 2.10. The lowest BCUT2D eigenvalue weighted by Gasteiger charge is -1.98. The molecule has 0 aliphatic heterocycles. The van der Waals surface area contributed by atoms with E-state index in [1.807, 2.05) is 31.2 Å². The zero-order chi connectivity index (χ0) is 7.40. The first-order chi connectivity index (χ1) is 4.83. The Bertz CT molecular complexity index is 191. The van der Waals surface area contributed by atoms with Gasteiger partial charge in [0.15, 0.2) is 5.75 Å². The van der Waals surface area contributed by atoms with Gasteiger partial charge in [-0.05, 0) is 19.1 Å². The van der Waals surface area contributed by atoms with Crippen LogP contribution in [-0.2, 0) is 4.89 Å². The molecule has 0 aliphatic rings. The number of aryl methyl sites for hydroxylation is 1. The SMILES string of the molecule is [CH2]OOc1ccc(C)cc1. The van der Waals surface area contributed by atoms with E-state index in [1.165, 1.54) is 5.56 Å². The van der Waals surface area contributed by atoms with Crippen molar-refractivity contribution in [2.45, 2.75) is 6.92 Å². The Kier molecular flexibility index (Phi) is 2.29. The van der Waals surface area contributed by atoms with Crippen LogP contribution < -0.4 is 4.89 Å². The van der Waals surface area contributed by atoms with Gasteiger partial charge >= 0.3 is 0 Å². The third kappa shape index (κ3) is 1.74. The number of benzene rings is 1. The number of rotatable bonds is 2. The molecular formula is C8H9O2. The topological polar surface area (TPSA) is 18.5 Å². The van der Waals surface area contributed by atoms with Crippen LogP contribution in [0.25, 0.3) is 0 Å². The van der Waals surface area contributed by atoms with Crippen LogP contribution in [0, 0.1) is 14.0 Å². The maximum absolute atomic E-state index is 4.65. The fourth-order valence-electron chi connectivity index (χ4n) is 0.662. The van der Waals surface area contributed by atoms with Crippen molar-refractivity contribution in [2.75, 3.05) is 0 Å². The molecule has 0 N–H and O–H groups in total. The van der Waals surface area contributed by atoms with Crippen LogP contribution in [0.3, 0.4) is 0 Å². The summed E-state index contributed by atoms with van der Waals surface area (Å²) in [5.41, 5.74) is 1.19. The fourth-order valence-corrected chi connectivity index (χ4v) is 0.662. The van der Waals surface area contributed by atoms with E-state index < -0.39 is 0 Å². The van der Waals surface area contributed by atoms with Crippen LogP contribution in [0.5, 0.6) is 5.75 Å². The molecule has 0 heterocycles. The van der Waals surface area contributed by atoms with E-state index in [2.05, 4.69) is 16.9 Å². The maximum Gasteiger partial charge on any atom is 0.165 e. The summed E-state index contributed by atoms with van der Waals surface area (Å²) in [6, 6.07) is 7.52. The quantitative estimate of drug-likeness (QED) is 0.459. The van der Waals surface area contributed by atoms with Crippen LogP contribution >= 0.6 is 0 Å². The lowest BCUT2D eigenvalue weighted by molar-refractivity contribution is -0.154. The van der Waals surface area contributed by atoms with Gasteiger partial charge in [0, 0.05) is 0 Å². The Morgan fingerprint density at radius 3 is 2.30 bits per heavy atom. The summed E-state index contributed by atoms with van der Waals surface area (Å²) in [6.45, 7) is 2.01. The molecule has 0 saturated carbocycles. The monoisotopic (exact) mass is 137 g/mol. The summed E-state index contributed by atoms with van der Waals surface area (Å²) in [4.78, 5) is 8.87. The first-order valence-corrected chi connectivity index (χ1v) is 2.98. The first-order valence-electron chi connectivity index (χ1n) is 2.98. The minimum atomic E-state index is 0.667. The molecule has 1 aromatic carbocycles. The summed E-state index contributed by atoms with van der Waals surface area (Å²) in [5.74, 6) is 0.667. The van der Waals surface area contributed by atoms with E-state index in [1.54, 1.807) is 0 Å². The highest BCUT2D eigenvalue weighted by Gasteiger charge is 1.89. The second kappa shape index (κ2) is 3.22. The van der Waals surface area contributed by atoms with E-state index in [0.29, 0.717) is 5.75 Å². The molecule has 0 atom stereocenters. The highest BCUT2D eigenvalue weighted by Crippen LogP contribution is 2.10. The van der Waals surface area contributed by atoms with Gasteiger partial charge in [0.2, 0.25) is 0 Å². The Labute approximate surface area is 60.3 Å². The summed E-state index contributed by atoms with van der Waals surface area (Å²) < 4.78 is 0. The van der Waals surface area contributed by atoms with Crippen LogP contribution in [0.1, 0.15) is 5.56 Å².